The molecule has 0 spiro atoms. The molecule has 0 saturated carbocycles. The lowest BCUT2D eigenvalue weighted by molar-refractivity contribution is 0.613. The van der Waals surface area contributed by atoms with Crippen LogP contribution in [0.15, 0.2) is 65.3 Å². The summed E-state index contributed by atoms with van der Waals surface area (Å²) in [7, 11) is 0. The van der Waals surface area contributed by atoms with Gasteiger partial charge in [0.1, 0.15) is 22.8 Å². The Morgan fingerprint density at radius 3 is 2.49 bits per heavy atom. The highest BCUT2D eigenvalue weighted by Gasteiger charge is 2.34. The largest absolute Gasteiger partial charge is 0.455 e. The number of nitrogens with one attached hydrogen (secondary N) is 3. The van der Waals surface area contributed by atoms with Crippen LogP contribution in [-0.4, -0.2) is 33.2 Å². The summed E-state index contributed by atoms with van der Waals surface area (Å²) in [6.07, 6.45) is 9.21. The zero-order valence-corrected chi connectivity index (χ0v) is 21.5. The van der Waals surface area contributed by atoms with E-state index in [1.54, 1.807) is 0 Å². The van der Waals surface area contributed by atoms with Gasteiger partial charge in [-0.3, -0.25) is 0 Å². The highest BCUT2D eigenvalue weighted by atomic mass is 16.3. The van der Waals surface area contributed by atoms with E-state index in [1.807, 2.05) is 12.4 Å². The fourth-order valence-electron chi connectivity index (χ4n) is 6.59. The number of benzene rings is 3. The molecule has 8 rings (SSSR count). The van der Waals surface area contributed by atoms with E-state index >= 15 is 0 Å². The molecule has 7 nitrogen and oxygen atoms in total. The quantitative estimate of drug-likeness (QED) is 0.223. The molecular formula is C31H27BN6O. The van der Waals surface area contributed by atoms with Crippen LogP contribution in [0.5, 0.6) is 0 Å². The molecule has 3 aromatic carbocycles. The van der Waals surface area contributed by atoms with Crippen molar-refractivity contribution in [3.8, 4) is 28.5 Å². The van der Waals surface area contributed by atoms with Gasteiger partial charge in [-0.1, -0.05) is 24.9 Å². The van der Waals surface area contributed by atoms with Gasteiger partial charge < -0.3 is 19.7 Å². The van der Waals surface area contributed by atoms with Crippen molar-refractivity contribution in [1.29, 1.82) is 5.26 Å². The molecule has 5 heterocycles. The molecule has 2 atom stereocenters. The third kappa shape index (κ3) is 3.69. The topological polar surface area (TPSA) is 106 Å². The van der Waals surface area contributed by atoms with Crippen molar-refractivity contribution >= 4 is 39.4 Å². The van der Waals surface area contributed by atoms with Crippen molar-refractivity contribution in [1.82, 2.24) is 25.3 Å². The Labute approximate surface area is 225 Å². The Morgan fingerprint density at radius 2 is 1.64 bits per heavy atom. The molecule has 0 radical (unpaired) electrons. The summed E-state index contributed by atoms with van der Waals surface area (Å²) in [5.74, 6) is 4.61. The Kier molecular flexibility index (Phi) is 5.14. The molecule has 2 unspecified atom stereocenters. The minimum absolute atomic E-state index is 0.0575. The zero-order chi connectivity index (χ0) is 25.9. The van der Waals surface area contributed by atoms with Gasteiger partial charge in [0.2, 0.25) is 0 Å². The maximum atomic E-state index is 9.49. The molecule has 2 aliphatic heterocycles. The van der Waals surface area contributed by atoms with Crippen LogP contribution < -0.4 is 5.32 Å². The molecule has 3 N–H and O–H groups in total. The lowest BCUT2D eigenvalue weighted by atomic mass is 9.44. The standard InChI is InChI=1S/C31H27BN6O/c33-17-32-11-1-3-24(32)30-35-15-26(37-30)19-6-8-21-18(13-19)5-9-22-23-14-20(7-10-28(23)39-29(21)22)27-16-36-31(38-27)25-4-2-12-34-25/h5-10,13-16,24-25,34H,1-4,11-12H2,(H,35,37)(H,36,38). The summed E-state index contributed by atoms with van der Waals surface area (Å²) in [4.78, 5) is 16.3. The number of fused-ring (bicyclic) bond motifs is 5. The molecule has 190 valence electrons. The predicted molar refractivity (Wildman–Crippen MR) is 155 cm³/mol. The van der Waals surface area contributed by atoms with Crippen molar-refractivity contribution in [2.24, 2.45) is 0 Å². The SMILES string of the molecule is N#CB1CCCC1c1ncc(-c2ccc3c(ccc4c5cc(-c6cnc(C7CCCN7)[nH]6)ccc5oc34)c2)[nH]1. The van der Waals surface area contributed by atoms with Gasteiger partial charge in [-0.05, 0) is 67.6 Å². The first kappa shape index (κ1) is 22.6. The monoisotopic (exact) mass is 510 g/mol. The van der Waals surface area contributed by atoms with Crippen LogP contribution in [0.3, 0.4) is 0 Å². The highest BCUT2D eigenvalue weighted by Crippen LogP contribution is 2.38. The molecule has 2 aliphatic rings. The van der Waals surface area contributed by atoms with Gasteiger partial charge >= 0.3 is 0 Å². The van der Waals surface area contributed by atoms with E-state index < -0.39 is 0 Å². The lowest BCUT2D eigenvalue weighted by Gasteiger charge is -2.07. The molecule has 39 heavy (non-hydrogen) atoms. The summed E-state index contributed by atoms with van der Waals surface area (Å²) in [5.41, 5.74) is 5.98. The Morgan fingerprint density at radius 1 is 0.846 bits per heavy atom. The Bertz CT molecular complexity index is 1900. The van der Waals surface area contributed by atoms with Crippen molar-refractivity contribution < 1.29 is 4.42 Å². The first-order valence-electron chi connectivity index (χ1n) is 13.9. The number of nitrogens with zero attached hydrogens (tertiary/aromatic N) is 3. The van der Waals surface area contributed by atoms with E-state index in [2.05, 4.69) is 79.8 Å². The number of aromatic nitrogens is 4. The van der Waals surface area contributed by atoms with Gasteiger partial charge in [-0.2, -0.15) is 0 Å². The fourth-order valence-corrected chi connectivity index (χ4v) is 6.59. The predicted octanol–water partition coefficient (Wildman–Crippen LogP) is 6.92. The smallest absolute Gasteiger partial charge is 0.278 e. The molecular weight excluding hydrogens is 483 g/mol. The van der Waals surface area contributed by atoms with Crippen molar-refractivity contribution in [2.45, 2.75) is 43.9 Å². The van der Waals surface area contributed by atoms with E-state index in [-0.39, 0.29) is 12.5 Å². The Hall–Kier alpha value is -4.35. The number of hydrogen-bond acceptors (Lipinski definition) is 5. The normalized spacial score (nSPS) is 19.5. The van der Waals surface area contributed by atoms with Crippen LogP contribution in [-0.2, 0) is 0 Å². The highest BCUT2D eigenvalue weighted by molar-refractivity contribution is 6.69. The second-order valence-electron chi connectivity index (χ2n) is 11.0. The Balaban J connectivity index is 1.15. The van der Waals surface area contributed by atoms with Gasteiger partial charge in [-0.15, -0.1) is 0 Å². The van der Waals surface area contributed by atoms with Gasteiger partial charge in [0.15, 0.2) is 0 Å². The van der Waals surface area contributed by atoms with E-state index in [0.29, 0.717) is 6.04 Å². The summed E-state index contributed by atoms with van der Waals surface area (Å²) in [6, 6.07) is 17.4. The van der Waals surface area contributed by atoms with Crippen molar-refractivity contribution in [3.05, 3.63) is 72.6 Å². The molecule has 2 saturated heterocycles. The minimum atomic E-state index is 0.0575. The summed E-state index contributed by atoms with van der Waals surface area (Å²) in [6.45, 7) is 1.11. The molecule has 2 fully saturated rings. The van der Waals surface area contributed by atoms with Crippen LogP contribution in [0.2, 0.25) is 6.32 Å². The van der Waals surface area contributed by atoms with Gasteiger partial charge in [0.25, 0.3) is 6.71 Å². The number of imidazole rings is 2. The molecule has 0 aliphatic carbocycles. The van der Waals surface area contributed by atoms with Crippen LogP contribution >= 0.6 is 0 Å². The zero-order valence-electron chi connectivity index (χ0n) is 21.5. The fraction of sp³-hybridized carbons (Fsp3) is 0.258. The number of rotatable bonds is 4. The van der Waals surface area contributed by atoms with Crippen LogP contribution in [0.4, 0.5) is 0 Å². The third-order valence-corrected chi connectivity index (χ3v) is 8.69. The number of H-pyrrole nitrogens is 2. The molecule has 3 aromatic heterocycles. The first-order chi connectivity index (χ1) is 19.2. The molecule has 0 amide bonds. The summed E-state index contributed by atoms with van der Waals surface area (Å²) in [5, 5.41) is 17.4. The number of furan rings is 1. The van der Waals surface area contributed by atoms with Crippen molar-refractivity contribution in [3.63, 3.8) is 0 Å². The van der Waals surface area contributed by atoms with E-state index in [4.69, 9.17) is 4.42 Å². The lowest BCUT2D eigenvalue weighted by Crippen LogP contribution is -2.16. The maximum Gasteiger partial charge on any atom is 0.278 e. The average Bonchev–Trinajstić information content (AvgIpc) is 3.79. The van der Waals surface area contributed by atoms with Gasteiger partial charge in [-0.25, -0.2) is 15.2 Å². The summed E-state index contributed by atoms with van der Waals surface area (Å²) >= 11 is 0. The second-order valence-corrected chi connectivity index (χ2v) is 11.0. The molecule has 0 bridgehead atoms. The van der Waals surface area contributed by atoms with Crippen molar-refractivity contribution in [2.75, 3.05) is 6.54 Å². The van der Waals surface area contributed by atoms with Crippen LogP contribution in [0.1, 0.15) is 49.2 Å². The minimum Gasteiger partial charge on any atom is -0.455 e. The van der Waals surface area contributed by atoms with E-state index in [9.17, 15) is 5.26 Å². The number of aromatic amines is 2. The first-order valence-corrected chi connectivity index (χ1v) is 13.9. The average molecular weight is 510 g/mol. The van der Waals surface area contributed by atoms with Gasteiger partial charge in [0, 0.05) is 39.1 Å². The number of nitriles is 1. The van der Waals surface area contributed by atoms with E-state index in [1.165, 1.54) is 6.42 Å². The van der Waals surface area contributed by atoms with Crippen LogP contribution in [0.25, 0.3) is 55.2 Å². The third-order valence-electron chi connectivity index (χ3n) is 8.69. The number of hydrogen-bond donors (Lipinski definition) is 3. The summed E-state index contributed by atoms with van der Waals surface area (Å²) < 4.78 is 6.40. The molecule has 6 aromatic rings. The molecule has 8 heteroatoms. The van der Waals surface area contributed by atoms with Crippen LogP contribution in [0, 0.1) is 11.2 Å². The van der Waals surface area contributed by atoms with Gasteiger partial charge in [0.05, 0.1) is 29.8 Å². The maximum absolute atomic E-state index is 9.49. The second kappa shape index (κ2) is 8.86. The van der Waals surface area contributed by atoms with E-state index in [0.717, 1.165) is 99.0 Å².